The van der Waals surface area contributed by atoms with Gasteiger partial charge in [0.1, 0.15) is 23.9 Å². The number of hydrogen-bond donors (Lipinski definition) is 9. The molecule has 0 spiro atoms. The van der Waals surface area contributed by atoms with Crippen LogP contribution in [0.5, 0.6) is 34.5 Å². The molecule has 4 aromatic rings. The second-order valence-corrected chi connectivity index (χ2v) is 28.9. The summed E-state index contributed by atoms with van der Waals surface area (Å²) in [5.74, 6) is 1.61. The van der Waals surface area contributed by atoms with E-state index < -0.39 is 40.8 Å². The number of amides is 2. The lowest BCUT2D eigenvalue weighted by Crippen LogP contribution is -2.65. The first kappa shape index (κ1) is 63.9. The number of carbonyl (C=O) groups excluding carboxylic acids is 2. The highest BCUT2D eigenvalue weighted by atomic mass is 16.5. The zero-order chi connectivity index (χ0) is 64.3. The van der Waals surface area contributed by atoms with E-state index in [4.69, 9.17) is 23.7 Å². The van der Waals surface area contributed by atoms with Crippen LogP contribution in [-0.2, 0) is 27.8 Å². The lowest BCUT2D eigenvalue weighted by molar-refractivity contribution is -0.153. The molecule has 0 aromatic heterocycles. The molecule has 1 saturated heterocycles. The molecule has 2 amide bonds. The van der Waals surface area contributed by atoms with Crippen LogP contribution in [0.3, 0.4) is 0 Å². The number of anilines is 1. The Bertz CT molecular complexity index is 3580. The molecule has 6 aliphatic carbocycles. The number of aromatic hydroxyl groups is 1. The Hall–Kier alpha value is -6.44. The van der Waals surface area contributed by atoms with Gasteiger partial charge in [0.25, 0.3) is 11.8 Å². The number of aliphatic hydroxyl groups is 3. The molecule has 14 rings (SSSR count). The first-order valence-electron chi connectivity index (χ1n) is 35.2. The van der Waals surface area contributed by atoms with Gasteiger partial charge in [-0.2, -0.15) is 0 Å². The molecule has 3 saturated carbocycles. The van der Waals surface area contributed by atoms with Crippen LogP contribution < -0.4 is 50.3 Å². The van der Waals surface area contributed by atoms with Crippen molar-refractivity contribution in [1.29, 1.82) is 0 Å². The van der Waals surface area contributed by atoms with E-state index in [2.05, 4.69) is 83.1 Å². The first-order valence-corrected chi connectivity index (χ1v) is 35.2. The van der Waals surface area contributed by atoms with Crippen molar-refractivity contribution in [2.75, 3.05) is 73.1 Å². The Labute approximate surface area is 548 Å². The van der Waals surface area contributed by atoms with E-state index in [1.54, 1.807) is 24.1 Å². The molecule has 4 aromatic carbocycles. The van der Waals surface area contributed by atoms with Gasteiger partial charge >= 0.3 is 0 Å². The number of methoxy groups -OCH3 is 1. The summed E-state index contributed by atoms with van der Waals surface area (Å²) in [6.45, 7) is 3.56. The minimum atomic E-state index is -1.11. The summed E-state index contributed by atoms with van der Waals surface area (Å²) in [7, 11) is 7.27. The van der Waals surface area contributed by atoms with Gasteiger partial charge in [0.15, 0.2) is 23.5 Å². The Morgan fingerprint density at radius 3 is 2.45 bits per heavy atom. The second kappa shape index (κ2) is 26.3. The zero-order valence-electron chi connectivity index (χ0n) is 55.1. The number of allylic oxidation sites excluding steroid dienone is 2. The van der Waals surface area contributed by atoms with Crippen molar-refractivity contribution in [1.82, 2.24) is 26.2 Å². The number of rotatable bonds is 21. The van der Waals surface area contributed by atoms with E-state index in [9.17, 15) is 30.0 Å². The fourth-order valence-corrected chi connectivity index (χ4v) is 19.9. The Kier molecular flexibility index (Phi) is 18.1. The molecule has 4 aliphatic heterocycles. The maximum absolute atomic E-state index is 14.5. The number of fused-ring (bicyclic) bond motifs is 6. The third-order valence-electron chi connectivity index (χ3n) is 24.1. The number of nitrogens with zero attached hydrogens (tertiary/aromatic N) is 1. The third kappa shape index (κ3) is 11.0. The first-order chi connectivity index (χ1) is 45.3. The van der Waals surface area contributed by atoms with Gasteiger partial charge in [-0.1, -0.05) is 74.3 Å². The molecular weight excluding hydrogens is 1170 g/mol. The van der Waals surface area contributed by atoms with Crippen molar-refractivity contribution in [2.24, 2.45) is 35.5 Å². The van der Waals surface area contributed by atoms with Crippen LogP contribution in [0.4, 0.5) is 5.69 Å². The molecule has 93 heavy (non-hydrogen) atoms. The van der Waals surface area contributed by atoms with E-state index in [0.717, 1.165) is 135 Å². The third-order valence-corrected chi connectivity index (χ3v) is 24.1. The molecule has 10 aliphatic rings. The highest BCUT2D eigenvalue weighted by Crippen LogP contribution is 2.62. The maximum Gasteiger partial charge on any atom is 0.258 e. The normalized spacial score (nSPS) is 30.8. The fourth-order valence-electron chi connectivity index (χ4n) is 19.9. The number of ether oxygens (including phenoxy) is 5. The second-order valence-electron chi connectivity index (χ2n) is 28.9. The number of phenols is 1. The number of carbonyl (C=O) groups is 2. The molecule has 17 heteroatoms. The zero-order valence-corrected chi connectivity index (χ0v) is 55.1. The van der Waals surface area contributed by atoms with Crippen molar-refractivity contribution in [2.45, 2.75) is 176 Å². The van der Waals surface area contributed by atoms with Gasteiger partial charge in [-0.25, -0.2) is 0 Å². The molecule has 17 nitrogen and oxygen atoms in total. The predicted octanol–water partition coefficient (Wildman–Crippen LogP) is 10.6. The van der Waals surface area contributed by atoms with Gasteiger partial charge in [0.05, 0.1) is 44.1 Å². The van der Waals surface area contributed by atoms with E-state index in [0.29, 0.717) is 84.2 Å². The van der Waals surface area contributed by atoms with Gasteiger partial charge < -0.3 is 65.4 Å². The van der Waals surface area contributed by atoms with Crippen molar-refractivity contribution < 1.29 is 53.7 Å². The fraction of sp³-hybridized carbons (Fsp3) is 0.579. The summed E-state index contributed by atoms with van der Waals surface area (Å²) in [6, 6.07) is 16.6. The lowest BCUT2D eigenvalue weighted by Gasteiger charge is -2.60. The van der Waals surface area contributed by atoms with Crippen LogP contribution >= 0.6 is 0 Å². The molecule has 0 radical (unpaired) electrons. The largest absolute Gasteiger partial charge is 0.502 e. The summed E-state index contributed by atoms with van der Waals surface area (Å²) in [6.07, 6.45) is 26.2. The quantitative estimate of drug-likeness (QED) is 0.0215. The van der Waals surface area contributed by atoms with Gasteiger partial charge in [-0.05, 0) is 176 Å². The van der Waals surface area contributed by atoms with Crippen LogP contribution in [0.2, 0.25) is 0 Å². The lowest BCUT2D eigenvalue weighted by atomic mass is 9.47. The van der Waals surface area contributed by atoms with Crippen LogP contribution in [0.15, 0.2) is 78.4 Å². The van der Waals surface area contributed by atoms with Crippen LogP contribution in [-0.4, -0.2) is 128 Å². The smallest absolute Gasteiger partial charge is 0.258 e. The van der Waals surface area contributed by atoms with E-state index >= 15 is 0 Å². The number of imide groups is 1. The number of piperidine rings is 1. The van der Waals surface area contributed by atoms with Gasteiger partial charge in [0, 0.05) is 106 Å². The van der Waals surface area contributed by atoms with E-state index in [1.807, 2.05) is 25.2 Å². The molecule has 498 valence electrons. The van der Waals surface area contributed by atoms with Crippen molar-refractivity contribution >= 4 is 23.6 Å². The van der Waals surface area contributed by atoms with E-state index in [-0.39, 0.29) is 72.7 Å². The van der Waals surface area contributed by atoms with Crippen LogP contribution in [0.1, 0.15) is 173 Å². The molecule has 4 heterocycles. The monoisotopic (exact) mass is 1270 g/mol. The summed E-state index contributed by atoms with van der Waals surface area (Å²) in [5.41, 5.74) is 7.06. The average molecular weight is 1270 g/mol. The predicted molar refractivity (Wildman–Crippen MR) is 359 cm³/mol. The molecule has 0 bridgehead atoms. The van der Waals surface area contributed by atoms with Crippen LogP contribution in [0.25, 0.3) is 17.2 Å². The topological polar surface area (TPSA) is 225 Å². The van der Waals surface area contributed by atoms with Gasteiger partial charge in [-0.15, -0.1) is 0 Å². The van der Waals surface area contributed by atoms with Gasteiger partial charge in [0.2, 0.25) is 5.75 Å². The minimum Gasteiger partial charge on any atom is -0.502 e. The number of benzene rings is 4. The molecule has 4 fully saturated rings. The SMILES string of the molecule is CNCCOc1cc(O[C@@]23CCC[C@@H](CC[C@H]4CC=C[C@@H](NC)C4)[C@@H]2CC[C@@H](C)N3)c2c3c1CCc1c-3c(cc3c1[C@@H](O)[C@H](c1cc(OC)c(O)c(OC[C@H](CO)[C@]45CCC[C@H](C6(N7C(=O)C=C(CNC)C7=O)CCCCC6)[C@H]4C=Cc4ccccc45)c1)CO3)N[C@@H]2O. The summed E-state index contributed by atoms with van der Waals surface area (Å²) in [5, 5.41) is 67.0. The van der Waals surface area contributed by atoms with Crippen molar-refractivity contribution in [3.05, 3.63) is 117 Å². The molecular formula is C76H98N6O11. The number of nitrogens with one attached hydrogen (secondary N) is 5. The van der Waals surface area contributed by atoms with Crippen molar-refractivity contribution in [3.8, 4) is 45.6 Å². The summed E-state index contributed by atoms with van der Waals surface area (Å²) in [4.78, 5) is 30.3. The average Bonchev–Trinajstić information content (AvgIpc) is 1.48. The molecule has 9 N–H and O–H groups in total. The van der Waals surface area contributed by atoms with E-state index in [1.165, 1.54) is 32.4 Å². The maximum atomic E-state index is 14.5. The highest BCUT2D eigenvalue weighted by molar-refractivity contribution is 6.17. The van der Waals surface area contributed by atoms with Gasteiger partial charge in [-0.3, -0.25) is 19.8 Å². The van der Waals surface area contributed by atoms with Crippen LogP contribution in [0, 0.1) is 35.5 Å². The minimum absolute atomic E-state index is 0.0216. The number of aliphatic hydroxyl groups excluding tert-OH is 3. The Morgan fingerprint density at radius 2 is 1.65 bits per heavy atom. The number of hydrogen-bond acceptors (Lipinski definition) is 16. The molecule has 0 unspecified atom stereocenters. The number of phenolic OH excluding ortho intramolecular Hbond substituents is 1. The standard InChI is InChI=1S/C76H98N6O11/c1-44-20-26-56-47(22-21-45-14-11-17-51(34-45)79-4)16-12-31-76(56,81-44)93-62-39-60(90-33-32-77-2)52-24-25-53-66-59(80-72(87)69(62)68(52)66)38-61-67(53)70(85)54(43-92-61)48-35-63(89-5)71(86)64(36-48)91-42-50(41-83)75-30-13-19-57(58(75)27-23-46-15-7-8-18-55(46)75)74(28-9-6-10-29-74)82-65(84)37-49(40-78-3)73(82)88/h7-8,11,15,17-18,23,27,35-39,44-45,47,50-51,54,56-58,70,72,77-81,83,85-87H,6,9-10,12-14,16,19-22,24-26,28-34,40-43H2,1-5H3/t44-,45-,47+,50+,51-,54+,56+,57+,58-,70+,72-,75+,76+/m1/s1. The Morgan fingerprint density at radius 1 is 0.828 bits per heavy atom. The Balaban J connectivity index is 0.783. The molecule has 13 atom stereocenters. The van der Waals surface area contributed by atoms with Crippen molar-refractivity contribution in [3.63, 3.8) is 0 Å². The highest BCUT2D eigenvalue weighted by Gasteiger charge is 2.61. The number of likely N-dealkylation sites (N-methyl/N-ethyl adjacent to an activating group) is 3. The summed E-state index contributed by atoms with van der Waals surface area (Å²) >= 11 is 0. The summed E-state index contributed by atoms with van der Waals surface area (Å²) < 4.78 is 34.0.